The van der Waals surface area contributed by atoms with E-state index in [0.717, 1.165) is 0 Å². The molecule has 0 radical (unpaired) electrons. The number of anilines is 1. The zero-order chi connectivity index (χ0) is 20.0. The van der Waals surface area contributed by atoms with Gasteiger partial charge in [0, 0.05) is 24.6 Å². The summed E-state index contributed by atoms with van der Waals surface area (Å²) in [5, 5.41) is 0.0388. The molecule has 27 heavy (non-hydrogen) atoms. The van der Waals surface area contributed by atoms with Crippen molar-refractivity contribution in [1.82, 2.24) is 4.90 Å². The van der Waals surface area contributed by atoms with Crippen molar-refractivity contribution < 1.29 is 26.4 Å². The third-order valence-corrected chi connectivity index (χ3v) is 8.49. The molecule has 0 N–H and O–H groups in total. The Kier molecular flexibility index (Phi) is 5.26. The maximum atomic E-state index is 12.9. The van der Waals surface area contributed by atoms with Gasteiger partial charge in [-0.05, 0) is 31.5 Å². The first-order chi connectivity index (χ1) is 12.6. The summed E-state index contributed by atoms with van der Waals surface area (Å²) in [6.07, 6.45) is 0.221. The lowest BCUT2D eigenvalue weighted by molar-refractivity contribution is -0.116. The van der Waals surface area contributed by atoms with Gasteiger partial charge in [0.05, 0.1) is 28.0 Å². The number of carbonyl (C=O) groups excluding carboxylic acids is 2. The Labute approximate surface area is 163 Å². The van der Waals surface area contributed by atoms with Crippen LogP contribution in [0, 0.1) is 0 Å². The SMILES string of the molecule is CCN(C(=O)c1ccc(Cl)c(N2C(=O)CCS2(=O)=O)c1)C1CCS(=O)(=O)C1. The second kappa shape index (κ2) is 7.06. The highest BCUT2D eigenvalue weighted by molar-refractivity contribution is 7.94. The number of rotatable bonds is 4. The second-order valence-electron chi connectivity index (χ2n) is 6.54. The van der Waals surface area contributed by atoms with Gasteiger partial charge in [0.15, 0.2) is 9.84 Å². The maximum Gasteiger partial charge on any atom is 0.254 e. The van der Waals surface area contributed by atoms with Crippen molar-refractivity contribution in [3.8, 4) is 0 Å². The smallest absolute Gasteiger partial charge is 0.254 e. The Bertz CT molecular complexity index is 1010. The predicted octanol–water partition coefficient (Wildman–Crippen LogP) is 1.06. The standard InChI is InChI=1S/C16H19ClN2O6S2/c1-2-18(12-5-7-26(22,23)10-12)16(21)11-3-4-13(17)14(9-11)19-15(20)6-8-27(19,24)25/h3-4,9,12H,2,5-8,10H2,1H3. The molecule has 0 spiro atoms. The Balaban J connectivity index is 1.95. The largest absolute Gasteiger partial charge is 0.335 e. The monoisotopic (exact) mass is 434 g/mol. The van der Waals surface area contributed by atoms with Crippen molar-refractivity contribution in [2.45, 2.75) is 25.8 Å². The first-order valence-corrected chi connectivity index (χ1v) is 12.2. The van der Waals surface area contributed by atoms with Crippen molar-refractivity contribution >= 4 is 49.0 Å². The van der Waals surface area contributed by atoms with Crippen LogP contribution in [0.2, 0.25) is 5.02 Å². The Morgan fingerprint density at radius 1 is 1.26 bits per heavy atom. The molecule has 3 rings (SSSR count). The molecule has 0 bridgehead atoms. The molecule has 1 aromatic carbocycles. The fourth-order valence-corrected chi connectivity index (χ4v) is 6.85. The van der Waals surface area contributed by atoms with Crippen LogP contribution in [0.5, 0.6) is 0 Å². The van der Waals surface area contributed by atoms with Crippen molar-refractivity contribution in [2.75, 3.05) is 28.1 Å². The van der Waals surface area contributed by atoms with Gasteiger partial charge in [0.2, 0.25) is 15.9 Å². The van der Waals surface area contributed by atoms with Crippen molar-refractivity contribution in [2.24, 2.45) is 0 Å². The van der Waals surface area contributed by atoms with E-state index in [-0.39, 0.29) is 40.0 Å². The molecule has 1 atom stereocenters. The summed E-state index contributed by atoms with van der Waals surface area (Å²) in [5.41, 5.74) is 0.0931. The van der Waals surface area contributed by atoms with Gasteiger partial charge < -0.3 is 4.90 Å². The highest BCUT2D eigenvalue weighted by atomic mass is 35.5. The fraction of sp³-hybridized carbons (Fsp3) is 0.500. The Morgan fingerprint density at radius 2 is 1.96 bits per heavy atom. The number of nitrogens with zero attached hydrogens (tertiary/aromatic N) is 2. The molecule has 2 saturated heterocycles. The van der Waals surface area contributed by atoms with Crippen LogP contribution in [0.15, 0.2) is 18.2 Å². The molecule has 2 amide bonds. The molecule has 0 aromatic heterocycles. The lowest BCUT2D eigenvalue weighted by Gasteiger charge is -2.27. The lowest BCUT2D eigenvalue weighted by Crippen LogP contribution is -2.41. The number of hydrogen-bond acceptors (Lipinski definition) is 6. The Morgan fingerprint density at radius 3 is 2.48 bits per heavy atom. The molecule has 0 aliphatic carbocycles. The van der Waals surface area contributed by atoms with E-state index in [9.17, 15) is 26.4 Å². The van der Waals surface area contributed by atoms with Gasteiger partial charge in [0.1, 0.15) is 0 Å². The molecule has 2 aliphatic rings. The number of carbonyl (C=O) groups is 2. The number of benzene rings is 1. The number of amides is 2. The van der Waals surface area contributed by atoms with E-state index in [4.69, 9.17) is 11.6 Å². The number of sulfone groups is 1. The van der Waals surface area contributed by atoms with E-state index < -0.39 is 37.7 Å². The highest BCUT2D eigenvalue weighted by Gasteiger charge is 2.38. The molecular weight excluding hydrogens is 416 g/mol. The topological polar surface area (TPSA) is 109 Å². The lowest BCUT2D eigenvalue weighted by atomic mass is 10.1. The van der Waals surface area contributed by atoms with Crippen LogP contribution in [0.1, 0.15) is 30.1 Å². The molecular formula is C16H19ClN2O6S2. The third kappa shape index (κ3) is 3.83. The summed E-state index contributed by atoms with van der Waals surface area (Å²) >= 11 is 6.09. The summed E-state index contributed by atoms with van der Waals surface area (Å²) in [5.74, 6) is -1.39. The molecule has 0 saturated carbocycles. The quantitative estimate of drug-likeness (QED) is 0.700. The minimum atomic E-state index is -3.82. The fourth-order valence-electron chi connectivity index (χ4n) is 3.40. The molecule has 2 fully saturated rings. The van der Waals surface area contributed by atoms with Crippen LogP contribution in [0.25, 0.3) is 0 Å². The van der Waals surface area contributed by atoms with E-state index >= 15 is 0 Å². The number of halogens is 1. The van der Waals surface area contributed by atoms with Crippen LogP contribution < -0.4 is 4.31 Å². The minimum Gasteiger partial charge on any atom is -0.335 e. The summed E-state index contributed by atoms with van der Waals surface area (Å²) in [7, 11) is -6.98. The maximum absolute atomic E-state index is 12.9. The van der Waals surface area contributed by atoms with Crippen molar-refractivity contribution in [1.29, 1.82) is 0 Å². The molecule has 1 unspecified atom stereocenters. The van der Waals surface area contributed by atoms with Crippen LogP contribution >= 0.6 is 11.6 Å². The highest BCUT2D eigenvalue weighted by Crippen LogP contribution is 2.33. The van der Waals surface area contributed by atoms with Crippen molar-refractivity contribution in [3.05, 3.63) is 28.8 Å². The Hall–Kier alpha value is -1.65. The van der Waals surface area contributed by atoms with Gasteiger partial charge >= 0.3 is 0 Å². The van der Waals surface area contributed by atoms with Gasteiger partial charge in [-0.3, -0.25) is 9.59 Å². The molecule has 2 heterocycles. The molecule has 11 heteroatoms. The van der Waals surface area contributed by atoms with Crippen LogP contribution in [-0.2, 0) is 24.7 Å². The normalized spacial score (nSPS) is 23.6. The number of hydrogen-bond donors (Lipinski definition) is 0. The summed E-state index contributed by atoms with van der Waals surface area (Å²) in [6, 6.07) is 3.65. The summed E-state index contributed by atoms with van der Waals surface area (Å²) in [6.45, 7) is 2.05. The van der Waals surface area contributed by atoms with Crippen molar-refractivity contribution in [3.63, 3.8) is 0 Å². The van der Waals surface area contributed by atoms with Gasteiger partial charge in [-0.25, -0.2) is 21.1 Å². The first-order valence-electron chi connectivity index (χ1n) is 8.42. The van der Waals surface area contributed by atoms with E-state index in [2.05, 4.69) is 0 Å². The van der Waals surface area contributed by atoms with Gasteiger partial charge in [-0.1, -0.05) is 11.6 Å². The van der Waals surface area contributed by atoms with Gasteiger partial charge in [0.25, 0.3) is 5.91 Å². The van der Waals surface area contributed by atoms with E-state index in [1.54, 1.807) is 6.92 Å². The summed E-state index contributed by atoms with van der Waals surface area (Å²) < 4.78 is 48.4. The third-order valence-electron chi connectivity index (χ3n) is 4.74. The average Bonchev–Trinajstić information content (AvgIpc) is 3.07. The summed E-state index contributed by atoms with van der Waals surface area (Å²) in [4.78, 5) is 26.4. The van der Waals surface area contributed by atoms with E-state index in [1.165, 1.54) is 23.1 Å². The van der Waals surface area contributed by atoms with Crippen LogP contribution in [0.3, 0.4) is 0 Å². The van der Waals surface area contributed by atoms with Gasteiger partial charge in [-0.15, -0.1) is 0 Å². The van der Waals surface area contributed by atoms with Crippen LogP contribution in [0.4, 0.5) is 5.69 Å². The zero-order valence-electron chi connectivity index (χ0n) is 14.6. The predicted molar refractivity (Wildman–Crippen MR) is 101 cm³/mol. The molecule has 148 valence electrons. The average molecular weight is 435 g/mol. The van der Waals surface area contributed by atoms with Gasteiger partial charge in [-0.2, -0.15) is 0 Å². The number of sulfonamides is 1. The first kappa shape index (κ1) is 20.1. The molecule has 8 nitrogen and oxygen atoms in total. The molecule has 1 aromatic rings. The minimum absolute atomic E-state index is 0.0356. The van der Waals surface area contributed by atoms with Crippen LogP contribution in [-0.4, -0.2) is 63.4 Å². The van der Waals surface area contributed by atoms with E-state index in [1.807, 2.05) is 0 Å². The second-order valence-corrected chi connectivity index (χ2v) is 11.1. The zero-order valence-corrected chi connectivity index (χ0v) is 17.0. The molecule has 2 aliphatic heterocycles. The van der Waals surface area contributed by atoms with E-state index in [0.29, 0.717) is 17.3 Å².